The predicted molar refractivity (Wildman–Crippen MR) is 63.5 cm³/mol. The molecular weight excluding hydrogens is 212 g/mol. The van der Waals surface area contributed by atoms with Gasteiger partial charge in [0.1, 0.15) is 0 Å². The molecule has 0 aromatic rings. The van der Waals surface area contributed by atoms with Crippen LogP contribution in [0.2, 0.25) is 0 Å². The summed E-state index contributed by atoms with van der Waals surface area (Å²) in [6.07, 6.45) is 5.10. The van der Waals surface area contributed by atoms with Gasteiger partial charge in [0.15, 0.2) is 0 Å². The Morgan fingerprint density at radius 2 is 1.80 bits per heavy atom. The van der Waals surface area contributed by atoms with Gasteiger partial charge in [0.25, 0.3) is 10.1 Å². The van der Waals surface area contributed by atoms with Crippen LogP contribution in [0.4, 0.5) is 0 Å². The quantitative estimate of drug-likeness (QED) is 0.659. The third kappa shape index (κ3) is 7.79. The summed E-state index contributed by atoms with van der Waals surface area (Å²) in [6, 6.07) is 0. The fraction of sp³-hybridized carbons (Fsp3) is 1.00. The molecule has 0 saturated heterocycles. The molecule has 2 unspecified atom stereocenters. The average Bonchev–Trinajstić information content (AvgIpc) is 2.13. The highest BCUT2D eigenvalue weighted by Crippen LogP contribution is 2.24. The van der Waals surface area contributed by atoms with Gasteiger partial charge in [-0.25, -0.2) is 0 Å². The maximum atomic E-state index is 10.6. The Bertz CT molecular complexity index is 247. The summed E-state index contributed by atoms with van der Waals surface area (Å²) >= 11 is 0. The molecule has 15 heavy (non-hydrogen) atoms. The van der Waals surface area contributed by atoms with Gasteiger partial charge in [-0.3, -0.25) is 4.55 Å². The standard InChI is InChI=1S/C11H24O3S/c1-4-6-7-10(3)11(5-2)8-9-15(12,13)14/h10-11H,4-9H2,1-3H3,(H,12,13,14). The van der Waals surface area contributed by atoms with Crippen LogP contribution >= 0.6 is 0 Å². The summed E-state index contributed by atoms with van der Waals surface area (Å²) in [7, 11) is -3.78. The minimum atomic E-state index is -3.78. The van der Waals surface area contributed by atoms with Crippen molar-refractivity contribution < 1.29 is 13.0 Å². The Balaban J connectivity index is 4.01. The monoisotopic (exact) mass is 236 g/mol. The molecule has 0 rings (SSSR count). The number of unbranched alkanes of at least 4 members (excludes halogenated alkanes) is 1. The van der Waals surface area contributed by atoms with E-state index in [1.165, 1.54) is 12.8 Å². The van der Waals surface area contributed by atoms with Crippen molar-refractivity contribution in [3.05, 3.63) is 0 Å². The Morgan fingerprint density at radius 3 is 2.20 bits per heavy atom. The van der Waals surface area contributed by atoms with E-state index in [0.29, 0.717) is 18.3 Å². The minimum Gasteiger partial charge on any atom is -0.286 e. The van der Waals surface area contributed by atoms with Crippen LogP contribution in [0.25, 0.3) is 0 Å². The molecule has 0 aliphatic rings. The van der Waals surface area contributed by atoms with E-state index in [2.05, 4.69) is 20.8 Å². The van der Waals surface area contributed by atoms with E-state index in [1.807, 2.05) is 0 Å². The van der Waals surface area contributed by atoms with E-state index in [9.17, 15) is 8.42 Å². The lowest BCUT2D eigenvalue weighted by molar-refractivity contribution is 0.310. The van der Waals surface area contributed by atoms with Crippen LogP contribution in [0, 0.1) is 11.8 Å². The van der Waals surface area contributed by atoms with Gasteiger partial charge in [0.2, 0.25) is 0 Å². The summed E-state index contributed by atoms with van der Waals surface area (Å²) < 4.78 is 30.0. The third-order valence-corrected chi connectivity index (χ3v) is 3.84. The Kier molecular flexibility index (Phi) is 7.18. The molecule has 0 spiro atoms. The molecule has 0 aromatic carbocycles. The summed E-state index contributed by atoms with van der Waals surface area (Å²) in [5.74, 6) is 0.872. The molecule has 0 aliphatic carbocycles. The van der Waals surface area contributed by atoms with Crippen molar-refractivity contribution in [2.24, 2.45) is 11.8 Å². The van der Waals surface area contributed by atoms with Crippen molar-refractivity contribution in [1.29, 1.82) is 0 Å². The van der Waals surface area contributed by atoms with Crippen molar-refractivity contribution in [3.8, 4) is 0 Å². The molecule has 1 N–H and O–H groups in total. The molecule has 0 aliphatic heterocycles. The summed E-state index contributed by atoms with van der Waals surface area (Å²) in [6.45, 7) is 6.41. The van der Waals surface area contributed by atoms with E-state index in [1.54, 1.807) is 0 Å². The highest BCUT2D eigenvalue weighted by Gasteiger charge is 2.17. The molecule has 0 heterocycles. The second-order valence-corrected chi connectivity index (χ2v) is 5.93. The normalized spacial score (nSPS) is 16.3. The molecule has 0 radical (unpaired) electrons. The largest absolute Gasteiger partial charge is 0.286 e. The zero-order valence-electron chi connectivity index (χ0n) is 10.1. The van der Waals surface area contributed by atoms with Crippen LogP contribution in [0.3, 0.4) is 0 Å². The molecule has 2 atom stereocenters. The van der Waals surface area contributed by atoms with Gasteiger partial charge in [-0.1, -0.05) is 46.5 Å². The van der Waals surface area contributed by atoms with Crippen molar-refractivity contribution in [2.75, 3.05) is 5.75 Å². The SMILES string of the molecule is CCCCC(C)C(CC)CCS(=O)(=O)O. The molecule has 0 saturated carbocycles. The van der Waals surface area contributed by atoms with Crippen molar-refractivity contribution in [3.63, 3.8) is 0 Å². The second-order valence-electron chi connectivity index (χ2n) is 4.36. The van der Waals surface area contributed by atoms with Crippen molar-refractivity contribution in [2.45, 2.75) is 52.9 Å². The van der Waals surface area contributed by atoms with E-state index < -0.39 is 10.1 Å². The summed E-state index contributed by atoms with van der Waals surface area (Å²) in [5, 5.41) is 0. The number of hydrogen-bond acceptors (Lipinski definition) is 2. The first-order valence-electron chi connectivity index (χ1n) is 5.85. The molecule has 3 nitrogen and oxygen atoms in total. The van der Waals surface area contributed by atoms with Gasteiger partial charge in [-0.2, -0.15) is 8.42 Å². The van der Waals surface area contributed by atoms with Gasteiger partial charge < -0.3 is 0 Å². The lowest BCUT2D eigenvalue weighted by atomic mass is 9.86. The van der Waals surface area contributed by atoms with Gasteiger partial charge in [-0.15, -0.1) is 0 Å². The van der Waals surface area contributed by atoms with Gasteiger partial charge in [0, 0.05) is 0 Å². The Morgan fingerprint density at radius 1 is 1.20 bits per heavy atom. The molecule has 4 heteroatoms. The lowest BCUT2D eigenvalue weighted by Gasteiger charge is -2.21. The van der Waals surface area contributed by atoms with E-state index in [4.69, 9.17) is 4.55 Å². The highest BCUT2D eigenvalue weighted by molar-refractivity contribution is 7.85. The number of rotatable bonds is 8. The maximum Gasteiger partial charge on any atom is 0.264 e. The van der Waals surface area contributed by atoms with Crippen LogP contribution in [-0.2, 0) is 10.1 Å². The molecular formula is C11H24O3S. The van der Waals surface area contributed by atoms with Gasteiger partial charge in [0.05, 0.1) is 5.75 Å². The summed E-state index contributed by atoms with van der Waals surface area (Å²) in [4.78, 5) is 0. The van der Waals surface area contributed by atoms with Crippen LogP contribution < -0.4 is 0 Å². The first-order valence-corrected chi connectivity index (χ1v) is 7.46. The van der Waals surface area contributed by atoms with Crippen molar-refractivity contribution in [1.82, 2.24) is 0 Å². The van der Waals surface area contributed by atoms with Gasteiger partial charge in [-0.05, 0) is 18.3 Å². The van der Waals surface area contributed by atoms with Crippen molar-refractivity contribution >= 4 is 10.1 Å². The summed E-state index contributed by atoms with van der Waals surface area (Å²) in [5.41, 5.74) is 0. The van der Waals surface area contributed by atoms with Crippen LogP contribution in [0.1, 0.15) is 52.9 Å². The average molecular weight is 236 g/mol. The fourth-order valence-electron chi connectivity index (χ4n) is 1.95. The van der Waals surface area contributed by atoms with E-state index >= 15 is 0 Å². The topological polar surface area (TPSA) is 54.4 Å². The highest BCUT2D eigenvalue weighted by atomic mass is 32.2. The van der Waals surface area contributed by atoms with E-state index in [0.717, 1.165) is 12.8 Å². The molecule has 92 valence electrons. The smallest absolute Gasteiger partial charge is 0.264 e. The zero-order chi connectivity index (χ0) is 11.9. The molecule has 0 fully saturated rings. The second kappa shape index (κ2) is 7.23. The molecule has 0 bridgehead atoms. The molecule has 0 aromatic heterocycles. The van der Waals surface area contributed by atoms with Crippen LogP contribution in [-0.4, -0.2) is 18.7 Å². The first kappa shape index (κ1) is 14.9. The fourth-order valence-corrected chi connectivity index (χ4v) is 2.55. The Labute approximate surface area is 94.0 Å². The first-order chi connectivity index (χ1) is 6.90. The van der Waals surface area contributed by atoms with Crippen LogP contribution in [0.15, 0.2) is 0 Å². The maximum absolute atomic E-state index is 10.6. The zero-order valence-corrected chi connectivity index (χ0v) is 10.9. The number of hydrogen-bond donors (Lipinski definition) is 1. The van der Waals surface area contributed by atoms with Crippen LogP contribution in [0.5, 0.6) is 0 Å². The minimum absolute atomic E-state index is 0.0953. The van der Waals surface area contributed by atoms with Gasteiger partial charge >= 0.3 is 0 Å². The third-order valence-electron chi connectivity index (χ3n) is 3.09. The predicted octanol–water partition coefficient (Wildman–Crippen LogP) is 3.12. The van der Waals surface area contributed by atoms with E-state index in [-0.39, 0.29) is 5.75 Å². The lowest BCUT2D eigenvalue weighted by Crippen LogP contribution is -2.16. The Hall–Kier alpha value is -0.0900. The molecule has 0 amide bonds.